The van der Waals surface area contributed by atoms with Crippen molar-refractivity contribution in [3.05, 3.63) is 66.2 Å². The van der Waals surface area contributed by atoms with Gasteiger partial charge in [-0.05, 0) is 35.9 Å². The van der Waals surface area contributed by atoms with Gasteiger partial charge in [0.15, 0.2) is 0 Å². The summed E-state index contributed by atoms with van der Waals surface area (Å²) in [7, 11) is -1.90. The van der Waals surface area contributed by atoms with Gasteiger partial charge in [-0.25, -0.2) is 8.42 Å². The second-order valence-corrected chi connectivity index (χ2v) is 8.09. The van der Waals surface area contributed by atoms with Gasteiger partial charge in [-0.1, -0.05) is 30.3 Å². The summed E-state index contributed by atoms with van der Waals surface area (Å²) in [5.41, 5.74) is 0.898. The maximum absolute atomic E-state index is 12.6. The number of benzene rings is 2. The van der Waals surface area contributed by atoms with Crippen molar-refractivity contribution in [3.63, 3.8) is 0 Å². The van der Waals surface area contributed by atoms with E-state index in [9.17, 15) is 13.2 Å². The highest BCUT2D eigenvalue weighted by Gasteiger charge is 2.29. The number of piperazine rings is 1. The zero-order valence-corrected chi connectivity index (χ0v) is 15.9. The molecule has 0 aliphatic carbocycles. The van der Waals surface area contributed by atoms with Gasteiger partial charge < -0.3 is 9.64 Å². The van der Waals surface area contributed by atoms with E-state index in [1.165, 1.54) is 10.4 Å². The molecule has 0 radical (unpaired) electrons. The lowest BCUT2D eigenvalue weighted by atomic mass is 10.2. The number of carbonyl (C=O) groups is 1. The monoisotopic (exact) mass is 386 g/mol. The van der Waals surface area contributed by atoms with Crippen LogP contribution in [0, 0.1) is 0 Å². The Balaban J connectivity index is 1.58. The van der Waals surface area contributed by atoms with Crippen LogP contribution in [0.25, 0.3) is 6.08 Å². The molecule has 0 saturated carbocycles. The third-order valence-electron chi connectivity index (χ3n) is 4.47. The van der Waals surface area contributed by atoms with Gasteiger partial charge in [0.25, 0.3) is 0 Å². The smallest absolute Gasteiger partial charge is 0.246 e. The Morgan fingerprint density at radius 3 is 2.19 bits per heavy atom. The van der Waals surface area contributed by atoms with Crippen LogP contribution in [0.2, 0.25) is 0 Å². The molecule has 142 valence electrons. The van der Waals surface area contributed by atoms with E-state index >= 15 is 0 Å². The van der Waals surface area contributed by atoms with Crippen molar-refractivity contribution < 1.29 is 17.9 Å². The van der Waals surface area contributed by atoms with Crippen molar-refractivity contribution in [1.82, 2.24) is 9.21 Å². The van der Waals surface area contributed by atoms with E-state index in [4.69, 9.17) is 4.74 Å². The molecular weight excluding hydrogens is 364 g/mol. The second-order valence-electron chi connectivity index (χ2n) is 6.15. The Morgan fingerprint density at radius 1 is 0.963 bits per heavy atom. The van der Waals surface area contributed by atoms with E-state index in [0.717, 1.165) is 11.3 Å². The highest BCUT2D eigenvalue weighted by Crippen LogP contribution is 2.17. The standard InChI is InChI=1S/C20H22N2O4S/c1-26-18-10-7-17(8-11-18)9-12-20(23)21-13-15-22(16-14-21)27(24,25)19-5-3-2-4-6-19/h2-12H,13-16H2,1H3. The largest absolute Gasteiger partial charge is 0.497 e. The Bertz CT molecular complexity index is 901. The van der Waals surface area contributed by atoms with E-state index in [1.807, 2.05) is 24.3 Å². The van der Waals surface area contributed by atoms with Gasteiger partial charge in [-0.15, -0.1) is 0 Å². The fraction of sp³-hybridized carbons (Fsp3) is 0.250. The lowest BCUT2D eigenvalue weighted by Crippen LogP contribution is -2.50. The van der Waals surface area contributed by atoms with Crippen LogP contribution in [0.1, 0.15) is 5.56 Å². The molecule has 3 rings (SSSR count). The van der Waals surface area contributed by atoms with Gasteiger partial charge >= 0.3 is 0 Å². The van der Waals surface area contributed by atoms with Crippen LogP contribution in [0.15, 0.2) is 65.6 Å². The summed E-state index contributed by atoms with van der Waals surface area (Å²) in [6.45, 7) is 1.33. The first-order chi connectivity index (χ1) is 13.0. The van der Waals surface area contributed by atoms with Crippen LogP contribution in [0.3, 0.4) is 0 Å². The van der Waals surface area contributed by atoms with Gasteiger partial charge in [0, 0.05) is 32.3 Å². The molecule has 2 aromatic carbocycles. The number of carbonyl (C=O) groups excluding carboxylic acids is 1. The van der Waals surface area contributed by atoms with Crippen molar-refractivity contribution in [1.29, 1.82) is 0 Å². The molecule has 0 N–H and O–H groups in total. The number of amides is 1. The van der Waals surface area contributed by atoms with E-state index < -0.39 is 10.0 Å². The molecule has 7 heteroatoms. The molecule has 0 unspecified atom stereocenters. The molecule has 1 saturated heterocycles. The Kier molecular flexibility index (Phi) is 5.93. The summed E-state index contributed by atoms with van der Waals surface area (Å²) < 4.78 is 31.8. The van der Waals surface area contributed by atoms with Gasteiger partial charge in [-0.2, -0.15) is 4.31 Å². The number of nitrogens with zero attached hydrogens (tertiary/aromatic N) is 2. The van der Waals surface area contributed by atoms with Gasteiger partial charge in [0.2, 0.25) is 15.9 Å². The van der Waals surface area contributed by atoms with Crippen LogP contribution in [0.4, 0.5) is 0 Å². The zero-order chi connectivity index (χ0) is 19.3. The predicted molar refractivity (Wildman–Crippen MR) is 104 cm³/mol. The van der Waals surface area contributed by atoms with Crippen molar-refractivity contribution in [2.45, 2.75) is 4.90 Å². The first-order valence-electron chi connectivity index (χ1n) is 8.67. The van der Waals surface area contributed by atoms with Crippen molar-refractivity contribution in [2.75, 3.05) is 33.3 Å². The van der Waals surface area contributed by atoms with E-state index in [1.54, 1.807) is 48.4 Å². The fourth-order valence-corrected chi connectivity index (χ4v) is 4.32. The minimum atomic E-state index is -3.51. The number of ether oxygens (including phenoxy) is 1. The maximum Gasteiger partial charge on any atom is 0.246 e. The summed E-state index contributed by atoms with van der Waals surface area (Å²) in [4.78, 5) is 14.3. The number of sulfonamides is 1. The first-order valence-corrected chi connectivity index (χ1v) is 10.1. The van der Waals surface area contributed by atoms with Crippen LogP contribution >= 0.6 is 0 Å². The number of rotatable bonds is 5. The molecule has 0 aromatic heterocycles. The molecule has 1 fully saturated rings. The highest BCUT2D eigenvalue weighted by molar-refractivity contribution is 7.89. The minimum absolute atomic E-state index is 0.123. The highest BCUT2D eigenvalue weighted by atomic mass is 32.2. The maximum atomic E-state index is 12.6. The topological polar surface area (TPSA) is 66.9 Å². The summed E-state index contributed by atoms with van der Waals surface area (Å²) in [6, 6.07) is 15.8. The predicted octanol–water partition coefficient (Wildman–Crippen LogP) is 2.24. The first kappa shape index (κ1) is 19.1. The normalized spacial score (nSPS) is 15.8. The Hall–Kier alpha value is -2.64. The molecule has 1 amide bonds. The van der Waals surface area contributed by atoms with Crippen LogP contribution < -0.4 is 4.74 Å². The number of methoxy groups -OCH3 is 1. The molecular formula is C20H22N2O4S. The molecule has 27 heavy (non-hydrogen) atoms. The molecule has 1 heterocycles. The zero-order valence-electron chi connectivity index (χ0n) is 15.1. The van der Waals surface area contributed by atoms with Crippen molar-refractivity contribution in [3.8, 4) is 5.75 Å². The molecule has 1 aliphatic heterocycles. The summed E-state index contributed by atoms with van der Waals surface area (Å²) >= 11 is 0. The lowest BCUT2D eigenvalue weighted by molar-refractivity contribution is -0.127. The average molecular weight is 386 g/mol. The van der Waals surface area contributed by atoms with Crippen molar-refractivity contribution in [2.24, 2.45) is 0 Å². The van der Waals surface area contributed by atoms with Crippen LogP contribution in [-0.4, -0.2) is 56.8 Å². The minimum Gasteiger partial charge on any atom is -0.497 e. The Labute approximate surface area is 159 Å². The molecule has 0 spiro atoms. The molecule has 0 bridgehead atoms. The van der Waals surface area contributed by atoms with Crippen LogP contribution in [-0.2, 0) is 14.8 Å². The molecule has 1 aliphatic rings. The van der Waals surface area contributed by atoms with Gasteiger partial charge in [0.05, 0.1) is 12.0 Å². The molecule has 2 aromatic rings. The summed E-state index contributed by atoms with van der Waals surface area (Å²) in [5.74, 6) is 0.636. The summed E-state index contributed by atoms with van der Waals surface area (Å²) in [5, 5.41) is 0. The Morgan fingerprint density at radius 2 is 1.59 bits per heavy atom. The lowest BCUT2D eigenvalue weighted by Gasteiger charge is -2.33. The van der Waals surface area contributed by atoms with E-state index in [2.05, 4.69) is 0 Å². The third-order valence-corrected chi connectivity index (χ3v) is 6.38. The van der Waals surface area contributed by atoms with Gasteiger partial charge in [-0.3, -0.25) is 4.79 Å². The second kappa shape index (κ2) is 8.37. The van der Waals surface area contributed by atoms with Crippen LogP contribution in [0.5, 0.6) is 5.75 Å². The van der Waals surface area contributed by atoms with Crippen molar-refractivity contribution >= 4 is 22.0 Å². The van der Waals surface area contributed by atoms with E-state index in [-0.39, 0.29) is 10.8 Å². The summed E-state index contributed by atoms with van der Waals surface area (Å²) in [6.07, 6.45) is 3.26. The molecule has 0 atom stereocenters. The number of hydrogen-bond donors (Lipinski definition) is 0. The van der Waals surface area contributed by atoms with Gasteiger partial charge in [0.1, 0.15) is 5.75 Å². The fourth-order valence-electron chi connectivity index (χ4n) is 2.88. The van der Waals surface area contributed by atoms with E-state index in [0.29, 0.717) is 26.2 Å². The molecule has 6 nitrogen and oxygen atoms in total. The quantitative estimate of drug-likeness (QED) is 0.739. The number of hydrogen-bond acceptors (Lipinski definition) is 4. The average Bonchev–Trinajstić information content (AvgIpc) is 2.73. The SMILES string of the molecule is COc1ccc(C=CC(=O)N2CCN(S(=O)(=O)c3ccccc3)CC2)cc1. The third kappa shape index (κ3) is 4.56.